The number of piperidine rings is 1. The summed E-state index contributed by atoms with van der Waals surface area (Å²) in [5.74, 6) is -0.497. The fourth-order valence-corrected chi connectivity index (χ4v) is 3.66. The van der Waals surface area contributed by atoms with Gasteiger partial charge in [-0.2, -0.15) is 5.10 Å². The standard InChI is InChI=1S/C19H25N3O2/c1-13-8-17(19(23)24)12-21(10-13)11-16-4-6-18(7-5-16)22-15(3)9-14(2)20-22/h4-7,9,13,17H,8,10-12H2,1-3H3,(H,23,24). The summed E-state index contributed by atoms with van der Waals surface area (Å²) in [7, 11) is 0. The van der Waals surface area contributed by atoms with Crippen molar-refractivity contribution in [2.75, 3.05) is 13.1 Å². The molecule has 1 saturated heterocycles. The molecule has 128 valence electrons. The molecule has 0 bridgehead atoms. The van der Waals surface area contributed by atoms with Crippen LogP contribution < -0.4 is 0 Å². The van der Waals surface area contributed by atoms with E-state index >= 15 is 0 Å². The smallest absolute Gasteiger partial charge is 0.307 e. The molecular weight excluding hydrogens is 302 g/mol. The van der Waals surface area contributed by atoms with Crippen LogP contribution in [0, 0.1) is 25.7 Å². The van der Waals surface area contributed by atoms with Crippen LogP contribution in [0.4, 0.5) is 0 Å². The number of aryl methyl sites for hydroxylation is 2. The van der Waals surface area contributed by atoms with E-state index in [2.05, 4.69) is 54.2 Å². The Bertz CT molecular complexity index is 721. The predicted octanol–water partition coefficient (Wildman–Crippen LogP) is 3.03. The third kappa shape index (κ3) is 3.67. The second-order valence-electron chi connectivity index (χ2n) is 7.08. The van der Waals surface area contributed by atoms with Crippen LogP contribution in [0.5, 0.6) is 0 Å². The van der Waals surface area contributed by atoms with Crippen molar-refractivity contribution < 1.29 is 9.90 Å². The minimum absolute atomic E-state index is 0.247. The van der Waals surface area contributed by atoms with Gasteiger partial charge in [-0.15, -0.1) is 0 Å². The van der Waals surface area contributed by atoms with Gasteiger partial charge < -0.3 is 5.11 Å². The van der Waals surface area contributed by atoms with Crippen LogP contribution in [0.1, 0.15) is 30.3 Å². The molecule has 1 aromatic carbocycles. The lowest BCUT2D eigenvalue weighted by atomic mass is 9.90. The normalized spacial score (nSPS) is 21.8. The minimum Gasteiger partial charge on any atom is -0.481 e. The Kier molecular flexibility index (Phi) is 4.71. The number of aliphatic carboxylic acids is 1. The van der Waals surface area contributed by atoms with Crippen molar-refractivity contribution in [2.45, 2.75) is 33.7 Å². The summed E-state index contributed by atoms with van der Waals surface area (Å²) in [6.45, 7) is 8.57. The molecule has 0 aliphatic carbocycles. The molecule has 24 heavy (non-hydrogen) atoms. The highest BCUT2D eigenvalue weighted by molar-refractivity contribution is 5.70. The Morgan fingerprint density at radius 3 is 2.54 bits per heavy atom. The number of carbonyl (C=O) groups is 1. The number of hydrogen-bond acceptors (Lipinski definition) is 3. The first kappa shape index (κ1) is 16.7. The van der Waals surface area contributed by atoms with E-state index in [-0.39, 0.29) is 5.92 Å². The maximum atomic E-state index is 11.3. The number of hydrogen-bond donors (Lipinski definition) is 1. The highest BCUT2D eigenvalue weighted by Crippen LogP contribution is 2.23. The molecular formula is C19H25N3O2. The highest BCUT2D eigenvalue weighted by Gasteiger charge is 2.29. The van der Waals surface area contributed by atoms with Gasteiger partial charge in [0.05, 0.1) is 17.3 Å². The second kappa shape index (κ2) is 6.77. The summed E-state index contributed by atoms with van der Waals surface area (Å²) >= 11 is 0. The maximum absolute atomic E-state index is 11.3. The first-order valence-corrected chi connectivity index (χ1v) is 8.50. The first-order valence-electron chi connectivity index (χ1n) is 8.50. The van der Waals surface area contributed by atoms with E-state index < -0.39 is 5.97 Å². The molecule has 1 fully saturated rings. The number of nitrogens with zero attached hydrogens (tertiary/aromatic N) is 3. The molecule has 0 radical (unpaired) electrons. The van der Waals surface area contributed by atoms with Crippen molar-refractivity contribution in [2.24, 2.45) is 11.8 Å². The van der Waals surface area contributed by atoms with Crippen molar-refractivity contribution >= 4 is 5.97 Å². The molecule has 1 aliphatic heterocycles. The van der Waals surface area contributed by atoms with Crippen LogP contribution in [-0.2, 0) is 11.3 Å². The molecule has 5 heteroatoms. The SMILES string of the molecule is Cc1cc(C)n(-c2ccc(CN3CC(C)CC(C(=O)O)C3)cc2)n1. The number of benzene rings is 1. The van der Waals surface area contributed by atoms with E-state index in [1.807, 2.05) is 11.6 Å². The number of aromatic nitrogens is 2. The van der Waals surface area contributed by atoms with Crippen LogP contribution in [0.2, 0.25) is 0 Å². The van der Waals surface area contributed by atoms with Gasteiger partial charge in [-0.3, -0.25) is 9.69 Å². The summed E-state index contributed by atoms with van der Waals surface area (Å²) in [6, 6.07) is 10.4. The van der Waals surface area contributed by atoms with Gasteiger partial charge >= 0.3 is 5.97 Å². The van der Waals surface area contributed by atoms with Gasteiger partial charge in [-0.25, -0.2) is 4.68 Å². The van der Waals surface area contributed by atoms with Crippen molar-refractivity contribution in [3.05, 3.63) is 47.3 Å². The molecule has 5 nitrogen and oxygen atoms in total. The zero-order valence-electron chi connectivity index (χ0n) is 14.6. The fourth-order valence-electron chi connectivity index (χ4n) is 3.66. The number of carboxylic acids is 1. The Hall–Kier alpha value is -2.14. The lowest BCUT2D eigenvalue weighted by Crippen LogP contribution is -2.41. The summed E-state index contributed by atoms with van der Waals surface area (Å²) in [5, 5.41) is 13.8. The van der Waals surface area contributed by atoms with Crippen LogP contribution in [0.3, 0.4) is 0 Å². The van der Waals surface area contributed by atoms with Gasteiger partial charge in [0.1, 0.15) is 0 Å². The van der Waals surface area contributed by atoms with Gasteiger partial charge in [-0.1, -0.05) is 19.1 Å². The molecule has 0 spiro atoms. The number of carboxylic acid groups (broad SMARTS) is 1. The zero-order valence-corrected chi connectivity index (χ0v) is 14.6. The van der Waals surface area contributed by atoms with E-state index in [4.69, 9.17) is 0 Å². The molecule has 3 rings (SSSR count). The predicted molar refractivity (Wildman–Crippen MR) is 93.2 cm³/mol. The van der Waals surface area contributed by atoms with Gasteiger partial charge in [0.2, 0.25) is 0 Å². The third-order valence-corrected chi connectivity index (χ3v) is 4.68. The Labute approximate surface area is 142 Å². The Morgan fingerprint density at radius 2 is 1.96 bits per heavy atom. The van der Waals surface area contributed by atoms with Crippen molar-refractivity contribution in [1.82, 2.24) is 14.7 Å². The molecule has 1 aliphatic rings. The Balaban J connectivity index is 1.70. The molecule has 2 aromatic rings. The maximum Gasteiger partial charge on any atom is 0.307 e. The largest absolute Gasteiger partial charge is 0.481 e. The average molecular weight is 327 g/mol. The van der Waals surface area contributed by atoms with E-state index in [9.17, 15) is 9.90 Å². The topological polar surface area (TPSA) is 58.4 Å². The molecule has 1 aromatic heterocycles. The Morgan fingerprint density at radius 1 is 1.25 bits per heavy atom. The third-order valence-electron chi connectivity index (χ3n) is 4.68. The second-order valence-corrected chi connectivity index (χ2v) is 7.08. The van der Waals surface area contributed by atoms with E-state index in [0.717, 1.165) is 36.6 Å². The quantitative estimate of drug-likeness (QED) is 0.938. The first-order chi connectivity index (χ1) is 11.4. The van der Waals surface area contributed by atoms with E-state index in [0.29, 0.717) is 12.5 Å². The van der Waals surface area contributed by atoms with Crippen LogP contribution in [-0.4, -0.2) is 38.8 Å². The summed E-state index contributed by atoms with van der Waals surface area (Å²) in [4.78, 5) is 13.6. The van der Waals surface area contributed by atoms with Crippen molar-refractivity contribution in [1.29, 1.82) is 0 Å². The van der Waals surface area contributed by atoms with E-state index in [1.54, 1.807) is 0 Å². The fraction of sp³-hybridized carbons (Fsp3) is 0.474. The van der Waals surface area contributed by atoms with E-state index in [1.165, 1.54) is 5.56 Å². The number of likely N-dealkylation sites (tertiary alicyclic amines) is 1. The molecule has 2 heterocycles. The van der Waals surface area contributed by atoms with Crippen LogP contribution in [0.25, 0.3) is 5.69 Å². The lowest BCUT2D eigenvalue weighted by molar-refractivity contribution is -0.144. The monoisotopic (exact) mass is 327 g/mol. The number of rotatable bonds is 4. The summed E-state index contributed by atoms with van der Waals surface area (Å²) < 4.78 is 1.95. The summed E-state index contributed by atoms with van der Waals surface area (Å²) in [6.07, 6.45) is 0.780. The molecule has 1 N–H and O–H groups in total. The van der Waals surface area contributed by atoms with Gasteiger partial charge in [0.25, 0.3) is 0 Å². The highest BCUT2D eigenvalue weighted by atomic mass is 16.4. The zero-order chi connectivity index (χ0) is 17.3. The minimum atomic E-state index is -0.675. The van der Waals surface area contributed by atoms with Crippen LogP contribution >= 0.6 is 0 Å². The van der Waals surface area contributed by atoms with Crippen molar-refractivity contribution in [3.8, 4) is 5.69 Å². The van der Waals surface area contributed by atoms with Crippen LogP contribution in [0.15, 0.2) is 30.3 Å². The molecule has 2 atom stereocenters. The lowest BCUT2D eigenvalue weighted by Gasteiger charge is -2.34. The molecule has 2 unspecified atom stereocenters. The molecule has 0 saturated carbocycles. The molecule has 0 amide bonds. The van der Waals surface area contributed by atoms with Gasteiger partial charge in [-0.05, 0) is 49.9 Å². The van der Waals surface area contributed by atoms with Gasteiger partial charge in [0, 0.05) is 25.3 Å². The summed E-state index contributed by atoms with van der Waals surface area (Å²) in [5.41, 5.74) is 4.39. The van der Waals surface area contributed by atoms with Crippen molar-refractivity contribution in [3.63, 3.8) is 0 Å². The van der Waals surface area contributed by atoms with Gasteiger partial charge in [0.15, 0.2) is 0 Å². The average Bonchev–Trinajstić information content (AvgIpc) is 2.86.